The van der Waals surface area contributed by atoms with Gasteiger partial charge in [0.25, 0.3) is 0 Å². The molecule has 10 heteroatoms. The maximum atomic E-state index is 13.3. The van der Waals surface area contributed by atoms with E-state index in [1.807, 2.05) is 6.20 Å². The predicted molar refractivity (Wildman–Crippen MR) is 114 cm³/mol. The lowest BCUT2D eigenvalue weighted by Crippen LogP contribution is -2.23. The molecule has 7 nitrogen and oxygen atoms in total. The van der Waals surface area contributed by atoms with Gasteiger partial charge in [-0.25, -0.2) is 15.0 Å². The number of aromatic nitrogens is 5. The van der Waals surface area contributed by atoms with Gasteiger partial charge in [0.2, 0.25) is 0 Å². The third-order valence-electron chi connectivity index (χ3n) is 6.13. The van der Waals surface area contributed by atoms with Gasteiger partial charge in [-0.15, -0.1) is 0 Å². The fraction of sp³-hybridized carbons (Fsp3) is 0.364. The van der Waals surface area contributed by atoms with Crippen LogP contribution in [-0.2, 0) is 6.18 Å². The molecule has 0 aromatic carbocycles. The number of hydrogen-bond acceptors (Lipinski definition) is 6. The van der Waals surface area contributed by atoms with Crippen LogP contribution in [-0.4, -0.2) is 44.1 Å². The summed E-state index contributed by atoms with van der Waals surface area (Å²) in [6, 6.07) is 2.94. The zero-order chi connectivity index (χ0) is 21.9. The quantitative estimate of drug-likeness (QED) is 0.441. The summed E-state index contributed by atoms with van der Waals surface area (Å²) in [5, 5.41) is 8.17. The first-order valence-electron chi connectivity index (χ1n) is 10.7. The van der Waals surface area contributed by atoms with E-state index in [9.17, 15) is 13.2 Å². The second kappa shape index (κ2) is 7.13. The summed E-state index contributed by atoms with van der Waals surface area (Å²) >= 11 is 0. The van der Waals surface area contributed by atoms with Gasteiger partial charge in [0.05, 0.1) is 11.7 Å². The van der Waals surface area contributed by atoms with Crippen molar-refractivity contribution in [2.75, 3.05) is 18.4 Å². The first-order valence-corrected chi connectivity index (χ1v) is 10.7. The molecule has 0 radical (unpaired) electrons. The summed E-state index contributed by atoms with van der Waals surface area (Å²) in [7, 11) is 0. The molecule has 0 unspecified atom stereocenters. The van der Waals surface area contributed by atoms with Crippen LogP contribution in [0.25, 0.3) is 33.3 Å². The van der Waals surface area contributed by atoms with E-state index in [1.54, 1.807) is 12.3 Å². The van der Waals surface area contributed by atoms with Gasteiger partial charge in [-0.1, -0.05) is 0 Å². The highest BCUT2D eigenvalue weighted by Crippen LogP contribution is 2.44. The zero-order valence-electron chi connectivity index (χ0n) is 17.0. The second-order valence-electron chi connectivity index (χ2n) is 8.43. The van der Waals surface area contributed by atoms with E-state index in [2.05, 4.69) is 25.6 Å². The maximum absolute atomic E-state index is 13.3. The molecule has 1 saturated carbocycles. The molecule has 3 N–H and O–H groups in total. The average Bonchev–Trinajstić information content (AvgIpc) is 3.29. The van der Waals surface area contributed by atoms with Crippen molar-refractivity contribution in [1.29, 1.82) is 0 Å². The summed E-state index contributed by atoms with van der Waals surface area (Å²) < 4.78 is 39.8. The minimum absolute atomic E-state index is 0.151. The van der Waals surface area contributed by atoms with Crippen LogP contribution >= 0.6 is 0 Å². The summed E-state index contributed by atoms with van der Waals surface area (Å²) in [5.41, 5.74) is 1.61. The number of aromatic amines is 1. The Labute approximate surface area is 180 Å². The van der Waals surface area contributed by atoms with Crippen molar-refractivity contribution in [3.05, 3.63) is 42.0 Å². The summed E-state index contributed by atoms with van der Waals surface area (Å²) in [4.78, 5) is 20.4. The van der Waals surface area contributed by atoms with Gasteiger partial charge in [0.1, 0.15) is 17.2 Å². The van der Waals surface area contributed by atoms with E-state index in [4.69, 9.17) is 9.97 Å². The number of halogens is 3. The van der Waals surface area contributed by atoms with Gasteiger partial charge in [-0.2, -0.15) is 13.2 Å². The van der Waals surface area contributed by atoms with Crippen molar-refractivity contribution in [2.24, 2.45) is 0 Å². The molecule has 32 heavy (non-hydrogen) atoms. The molecule has 0 bridgehead atoms. The van der Waals surface area contributed by atoms with Crippen LogP contribution in [0.1, 0.15) is 36.4 Å². The zero-order valence-corrected chi connectivity index (χ0v) is 17.0. The number of alkyl halides is 3. The Bertz CT molecular complexity index is 1320. The van der Waals surface area contributed by atoms with Gasteiger partial charge < -0.3 is 15.6 Å². The molecule has 2 fully saturated rings. The lowest BCUT2D eigenvalue weighted by Gasteiger charge is -2.17. The molecule has 4 aromatic heterocycles. The third kappa shape index (κ3) is 3.35. The van der Waals surface area contributed by atoms with Gasteiger partial charge in [-0.3, -0.25) is 4.98 Å². The van der Waals surface area contributed by atoms with E-state index in [0.29, 0.717) is 34.0 Å². The number of nitrogens with one attached hydrogen (secondary N) is 3. The number of H-pyrrole nitrogens is 1. The van der Waals surface area contributed by atoms with Crippen molar-refractivity contribution < 1.29 is 13.2 Å². The van der Waals surface area contributed by atoms with Gasteiger partial charge in [-0.05, 0) is 49.4 Å². The number of fused-ring (bicyclic) bond motifs is 2. The Morgan fingerprint density at radius 3 is 2.72 bits per heavy atom. The van der Waals surface area contributed by atoms with Crippen LogP contribution < -0.4 is 10.6 Å². The lowest BCUT2D eigenvalue weighted by atomic mass is 10.1. The monoisotopic (exact) mass is 439 g/mol. The topological polar surface area (TPSA) is 91.4 Å². The van der Waals surface area contributed by atoms with Crippen molar-refractivity contribution in [2.45, 2.75) is 37.4 Å². The predicted octanol–water partition coefficient (Wildman–Crippen LogP) is 4.24. The molecule has 5 heterocycles. The highest BCUT2D eigenvalue weighted by molar-refractivity contribution is 5.97. The summed E-state index contributed by atoms with van der Waals surface area (Å²) in [5.74, 6) is 1.51. The van der Waals surface area contributed by atoms with Crippen molar-refractivity contribution in [3.8, 4) is 11.4 Å². The normalized spacial score (nSPS) is 19.2. The molecule has 1 aliphatic carbocycles. The Balaban J connectivity index is 1.55. The van der Waals surface area contributed by atoms with Gasteiger partial charge >= 0.3 is 6.18 Å². The van der Waals surface area contributed by atoms with Crippen LogP contribution in [0.15, 0.2) is 30.7 Å². The number of anilines is 1. The fourth-order valence-corrected chi connectivity index (χ4v) is 4.38. The first-order chi connectivity index (χ1) is 15.5. The first kappa shape index (κ1) is 19.4. The smallest absolute Gasteiger partial charge is 0.365 e. The van der Waals surface area contributed by atoms with Crippen LogP contribution in [0.4, 0.5) is 19.0 Å². The van der Waals surface area contributed by atoms with Crippen LogP contribution in [0.5, 0.6) is 0 Å². The minimum Gasteiger partial charge on any atom is -0.365 e. The molecule has 1 saturated heterocycles. The third-order valence-corrected chi connectivity index (χ3v) is 6.13. The van der Waals surface area contributed by atoms with E-state index in [0.717, 1.165) is 49.4 Å². The molecule has 6 rings (SSSR count). The lowest BCUT2D eigenvalue weighted by molar-refractivity contribution is -0.140. The SMILES string of the molecule is FC(F)(F)c1cc2c(-c3nc(N[C@@H]4CCNC4)c4c(C5CC5)cncc4n3)ccnc2[nH]1. The number of pyridine rings is 2. The van der Waals surface area contributed by atoms with Gasteiger partial charge in [0, 0.05) is 41.3 Å². The Hall–Kier alpha value is -3.27. The Morgan fingerprint density at radius 2 is 1.97 bits per heavy atom. The summed E-state index contributed by atoms with van der Waals surface area (Å²) in [6.07, 6.45) is 3.75. The molecule has 0 amide bonds. The average molecular weight is 439 g/mol. The van der Waals surface area contributed by atoms with Crippen molar-refractivity contribution in [1.82, 2.24) is 30.2 Å². The molecule has 2 aliphatic rings. The number of hydrogen-bond donors (Lipinski definition) is 3. The molecule has 1 atom stereocenters. The molecule has 164 valence electrons. The van der Waals surface area contributed by atoms with Crippen molar-refractivity contribution in [3.63, 3.8) is 0 Å². The van der Waals surface area contributed by atoms with Crippen LogP contribution in [0.2, 0.25) is 0 Å². The number of rotatable bonds is 4. The van der Waals surface area contributed by atoms with Crippen LogP contribution in [0, 0.1) is 0 Å². The largest absolute Gasteiger partial charge is 0.431 e. The molecular weight excluding hydrogens is 419 g/mol. The van der Waals surface area contributed by atoms with E-state index < -0.39 is 11.9 Å². The van der Waals surface area contributed by atoms with Crippen molar-refractivity contribution >= 4 is 27.8 Å². The Morgan fingerprint density at radius 1 is 1.09 bits per heavy atom. The molecule has 1 aliphatic heterocycles. The molecule has 4 aromatic rings. The highest BCUT2D eigenvalue weighted by Gasteiger charge is 2.33. The minimum atomic E-state index is -4.49. The van der Waals surface area contributed by atoms with E-state index >= 15 is 0 Å². The fourth-order valence-electron chi connectivity index (χ4n) is 4.38. The second-order valence-corrected chi connectivity index (χ2v) is 8.43. The number of nitrogens with zero attached hydrogens (tertiary/aromatic N) is 4. The van der Waals surface area contributed by atoms with Crippen LogP contribution in [0.3, 0.4) is 0 Å². The standard InChI is InChI=1S/C22H20F3N7/c23-22(24,25)17-7-14-13(4-6-28-19(14)31-17)20-30-16-10-27-9-15(11-1-2-11)18(16)21(32-20)29-12-3-5-26-8-12/h4,6-7,9-12,26H,1-3,5,8H2,(H,28,31)(H,29,30,32)/t12-/m1/s1. The highest BCUT2D eigenvalue weighted by atomic mass is 19.4. The summed E-state index contributed by atoms with van der Waals surface area (Å²) in [6.45, 7) is 1.76. The van der Waals surface area contributed by atoms with Gasteiger partial charge in [0.15, 0.2) is 5.82 Å². The Kier molecular flexibility index (Phi) is 4.32. The van der Waals surface area contributed by atoms with E-state index in [-0.39, 0.29) is 11.7 Å². The molecular formula is C22H20F3N7. The maximum Gasteiger partial charge on any atom is 0.431 e. The van der Waals surface area contributed by atoms with E-state index in [1.165, 1.54) is 6.20 Å². The molecule has 0 spiro atoms.